The highest BCUT2D eigenvalue weighted by Crippen LogP contribution is 2.36. The molecule has 0 aliphatic carbocycles. The van der Waals surface area contributed by atoms with Crippen LogP contribution in [0.15, 0.2) is 16.9 Å². The summed E-state index contributed by atoms with van der Waals surface area (Å²) in [6.07, 6.45) is 3.04. The number of ether oxygens (including phenoxy) is 2. The number of benzene rings is 1. The third-order valence-electron chi connectivity index (χ3n) is 5.44. The lowest BCUT2D eigenvalue weighted by molar-refractivity contribution is 0.0929. The van der Waals surface area contributed by atoms with Crippen LogP contribution in [0.5, 0.6) is 11.6 Å². The van der Waals surface area contributed by atoms with Gasteiger partial charge in [0.15, 0.2) is 11.5 Å². The zero-order chi connectivity index (χ0) is 23.4. The smallest absolute Gasteiger partial charge is 0.271 e. The number of rotatable bonds is 8. The van der Waals surface area contributed by atoms with Gasteiger partial charge in [0.1, 0.15) is 11.6 Å². The lowest BCUT2D eigenvalue weighted by Gasteiger charge is -2.18. The Morgan fingerprint density at radius 1 is 1.38 bits per heavy atom. The number of unbranched alkanes of at least 4 members (excludes halogenated alkanes) is 1. The Labute approximate surface area is 196 Å². The van der Waals surface area contributed by atoms with Crippen molar-refractivity contribution in [3.8, 4) is 17.7 Å². The summed E-state index contributed by atoms with van der Waals surface area (Å²) in [5.74, 6) is -0.843. The molecule has 0 radical (unpaired) electrons. The second kappa shape index (κ2) is 10.4. The van der Waals surface area contributed by atoms with Gasteiger partial charge in [-0.15, -0.1) is 0 Å². The van der Waals surface area contributed by atoms with Crippen molar-refractivity contribution >= 4 is 29.0 Å². The molecular formula is C23H24Cl2N2O5. The lowest BCUT2D eigenvalue weighted by Crippen LogP contribution is -2.30. The minimum Gasteiger partial charge on any atom is -0.494 e. The molecule has 170 valence electrons. The third-order valence-corrected chi connectivity index (χ3v) is 6.00. The Morgan fingerprint density at radius 2 is 2.06 bits per heavy atom. The molecule has 0 spiro atoms. The van der Waals surface area contributed by atoms with E-state index in [1.165, 1.54) is 19.1 Å². The summed E-state index contributed by atoms with van der Waals surface area (Å²) in [6, 6.07) is 4.65. The lowest BCUT2D eigenvalue weighted by atomic mass is 9.97. The van der Waals surface area contributed by atoms with Gasteiger partial charge in [-0.3, -0.25) is 14.2 Å². The summed E-state index contributed by atoms with van der Waals surface area (Å²) in [6.45, 7) is 4.52. The maximum absolute atomic E-state index is 13.4. The number of pyridine rings is 1. The van der Waals surface area contributed by atoms with Crippen molar-refractivity contribution in [1.29, 1.82) is 5.26 Å². The molecule has 0 saturated carbocycles. The fourth-order valence-electron chi connectivity index (χ4n) is 3.68. The fraction of sp³-hybridized carbons (Fsp3) is 0.435. The zero-order valence-electron chi connectivity index (χ0n) is 17.9. The monoisotopic (exact) mass is 478 g/mol. The number of hydrogen-bond acceptors (Lipinski definition) is 6. The molecule has 1 atom stereocenters. The maximum Gasteiger partial charge on any atom is 0.271 e. The van der Waals surface area contributed by atoms with Gasteiger partial charge >= 0.3 is 0 Å². The van der Waals surface area contributed by atoms with Gasteiger partial charge in [0.25, 0.3) is 5.56 Å². The first-order valence-corrected chi connectivity index (χ1v) is 11.2. The van der Waals surface area contributed by atoms with Gasteiger partial charge in [-0.1, -0.05) is 36.5 Å². The number of carbonyl (C=O) groups excluding carboxylic acids is 1. The van der Waals surface area contributed by atoms with Gasteiger partial charge in [-0.05, 0) is 43.9 Å². The quantitative estimate of drug-likeness (QED) is 0.438. The summed E-state index contributed by atoms with van der Waals surface area (Å²) in [5.41, 5.74) is -0.816. The zero-order valence-corrected chi connectivity index (χ0v) is 19.4. The largest absolute Gasteiger partial charge is 0.494 e. The number of carbonyl (C=O) groups is 1. The van der Waals surface area contributed by atoms with Gasteiger partial charge in [-0.2, -0.15) is 5.26 Å². The molecule has 7 nitrogen and oxygen atoms in total. The number of aromatic nitrogens is 1. The summed E-state index contributed by atoms with van der Waals surface area (Å²) in [5, 5.41) is 20.7. The highest BCUT2D eigenvalue weighted by Gasteiger charge is 2.28. The molecule has 32 heavy (non-hydrogen) atoms. The van der Waals surface area contributed by atoms with Crippen LogP contribution in [0.25, 0.3) is 0 Å². The Morgan fingerprint density at radius 3 is 2.62 bits per heavy atom. The predicted octanol–water partition coefficient (Wildman–Crippen LogP) is 4.63. The summed E-state index contributed by atoms with van der Waals surface area (Å²) < 4.78 is 12.2. The number of nitriles is 1. The molecule has 2 heterocycles. The molecule has 2 aromatic rings. The molecule has 1 fully saturated rings. The number of halogens is 2. The molecule has 1 aromatic heterocycles. The highest BCUT2D eigenvalue weighted by atomic mass is 35.5. The van der Waals surface area contributed by atoms with Crippen LogP contribution in [0.4, 0.5) is 0 Å². The maximum atomic E-state index is 13.4. The number of hydrogen-bond donors (Lipinski definition) is 1. The van der Waals surface area contributed by atoms with Gasteiger partial charge in [0, 0.05) is 12.2 Å². The first-order chi connectivity index (χ1) is 15.3. The van der Waals surface area contributed by atoms with Gasteiger partial charge in [0.2, 0.25) is 5.88 Å². The molecule has 1 N–H and O–H groups in total. The summed E-state index contributed by atoms with van der Waals surface area (Å²) >= 11 is 12.6. The Hall–Kier alpha value is -2.53. The SMILES string of the molecule is CCCCOc1c(Cl)cc(C(=O)c2c(C)c(C#N)c(=O)n(CC3CCCO3)c2O)cc1Cl. The molecule has 3 rings (SSSR count). The van der Waals surface area contributed by atoms with Crippen molar-refractivity contribution in [3.63, 3.8) is 0 Å². The van der Waals surface area contributed by atoms with E-state index < -0.39 is 17.2 Å². The van der Waals surface area contributed by atoms with Gasteiger partial charge in [-0.25, -0.2) is 0 Å². The van der Waals surface area contributed by atoms with E-state index in [1.807, 2.05) is 13.0 Å². The van der Waals surface area contributed by atoms with E-state index in [1.54, 1.807) is 0 Å². The molecule has 0 bridgehead atoms. The van der Waals surface area contributed by atoms with E-state index in [2.05, 4.69) is 0 Å². The Balaban J connectivity index is 2.06. The van der Waals surface area contributed by atoms with Crippen LogP contribution in [0, 0.1) is 18.3 Å². The molecule has 1 aromatic carbocycles. The average Bonchev–Trinajstić information content (AvgIpc) is 3.26. The van der Waals surface area contributed by atoms with E-state index in [0.29, 0.717) is 13.2 Å². The highest BCUT2D eigenvalue weighted by molar-refractivity contribution is 6.38. The minimum atomic E-state index is -0.662. The molecule has 1 aliphatic heterocycles. The van der Waals surface area contributed by atoms with Crippen molar-refractivity contribution in [1.82, 2.24) is 4.57 Å². The van der Waals surface area contributed by atoms with E-state index in [4.69, 9.17) is 32.7 Å². The van der Waals surface area contributed by atoms with Crippen molar-refractivity contribution in [2.45, 2.75) is 52.2 Å². The molecule has 1 saturated heterocycles. The van der Waals surface area contributed by atoms with Crippen molar-refractivity contribution in [3.05, 3.63) is 54.8 Å². The van der Waals surface area contributed by atoms with Crippen molar-refractivity contribution in [2.24, 2.45) is 0 Å². The Bertz CT molecular complexity index is 1110. The van der Waals surface area contributed by atoms with Crippen LogP contribution in [-0.2, 0) is 11.3 Å². The molecule has 1 unspecified atom stereocenters. The number of nitrogens with zero attached hydrogens (tertiary/aromatic N) is 2. The fourth-order valence-corrected chi connectivity index (χ4v) is 4.27. The molecule has 0 amide bonds. The van der Waals surface area contributed by atoms with Crippen LogP contribution < -0.4 is 10.3 Å². The van der Waals surface area contributed by atoms with Crippen molar-refractivity contribution in [2.75, 3.05) is 13.2 Å². The first kappa shape index (κ1) is 24.1. The van der Waals surface area contributed by atoms with Crippen LogP contribution in [0.3, 0.4) is 0 Å². The van der Waals surface area contributed by atoms with Crippen molar-refractivity contribution < 1.29 is 19.4 Å². The predicted molar refractivity (Wildman–Crippen MR) is 121 cm³/mol. The number of ketones is 1. The average molecular weight is 479 g/mol. The molecule has 9 heteroatoms. The van der Waals surface area contributed by atoms with Crippen LogP contribution >= 0.6 is 23.2 Å². The van der Waals surface area contributed by atoms with Gasteiger partial charge in [0.05, 0.1) is 34.9 Å². The molecular weight excluding hydrogens is 455 g/mol. The minimum absolute atomic E-state index is 0.0472. The second-order valence-corrected chi connectivity index (χ2v) is 8.48. The van der Waals surface area contributed by atoms with Crippen LogP contribution in [-0.4, -0.2) is 34.8 Å². The van der Waals surface area contributed by atoms with Crippen LogP contribution in [0.1, 0.15) is 59.7 Å². The Kier molecular flexibility index (Phi) is 7.83. The second-order valence-electron chi connectivity index (χ2n) is 7.66. The summed E-state index contributed by atoms with van der Waals surface area (Å²) in [4.78, 5) is 26.1. The third kappa shape index (κ3) is 4.78. The first-order valence-electron chi connectivity index (χ1n) is 10.4. The standard InChI is InChI=1S/C23H24Cl2N2O5/c1-3-4-7-32-21-17(24)9-14(10-18(21)25)20(28)19-13(2)16(11-26)22(29)27(23(19)30)12-15-6-5-8-31-15/h9-10,15,30H,3-8,12H2,1-2H3. The summed E-state index contributed by atoms with van der Waals surface area (Å²) in [7, 11) is 0. The van der Waals surface area contributed by atoms with E-state index >= 15 is 0 Å². The van der Waals surface area contributed by atoms with Crippen LogP contribution in [0.2, 0.25) is 10.0 Å². The van der Waals surface area contributed by atoms with Gasteiger partial charge < -0.3 is 14.6 Å². The van der Waals surface area contributed by atoms with E-state index in [9.17, 15) is 20.0 Å². The number of aromatic hydroxyl groups is 1. The van der Waals surface area contributed by atoms with E-state index in [-0.39, 0.29) is 50.7 Å². The normalized spacial score (nSPS) is 15.5. The van der Waals surface area contributed by atoms with E-state index in [0.717, 1.165) is 30.3 Å². The molecule has 1 aliphatic rings. The topological polar surface area (TPSA) is 102 Å².